The number of carbonyl (C=O) groups is 1. The van der Waals surface area contributed by atoms with Gasteiger partial charge in [-0.05, 0) is 30.2 Å². The molecule has 0 fully saturated rings. The summed E-state index contributed by atoms with van der Waals surface area (Å²) < 4.78 is 29.3. The second-order valence-electron chi connectivity index (χ2n) is 5.70. The monoisotopic (exact) mass is 356 g/mol. The van der Waals surface area contributed by atoms with Gasteiger partial charge in [-0.25, -0.2) is 14.0 Å². The molecule has 0 atom stereocenters. The quantitative estimate of drug-likeness (QED) is 0.513. The van der Waals surface area contributed by atoms with Crippen molar-refractivity contribution in [1.82, 2.24) is 0 Å². The summed E-state index contributed by atoms with van der Waals surface area (Å²) >= 11 is 0. The highest BCUT2D eigenvalue weighted by atomic mass is 19.1. The fourth-order valence-electron chi connectivity index (χ4n) is 2.62. The van der Waals surface area contributed by atoms with Gasteiger partial charge in [-0.2, -0.15) is 0 Å². The van der Waals surface area contributed by atoms with Crippen LogP contribution in [0.5, 0.6) is 5.75 Å². The first-order valence-electron chi connectivity index (χ1n) is 8.08. The average molecular weight is 356 g/mol. The topological polar surface area (TPSA) is 65.7 Å². The molecule has 0 N–H and O–H groups in total. The van der Waals surface area contributed by atoms with Crippen LogP contribution >= 0.6 is 0 Å². The van der Waals surface area contributed by atoms with Gasteiger partial charge >= 0.3 is 11.6 Å². The number of aryl methyl sites for hydroxylation is 1. The normalized spacial score (nSPS) is 10.7. The summed E-state index contributed by atoms with van der Waals surface area (Å²) in [5.41, 5.74) is 1.22. The van der Waals surface area contributed by atoms with Crippen molar-refractivity contribution in [3.05, 3.63) is 75.4 Å². The van der Waals surface area contributed by atoms with Crippen molar-refractivity contribution < 1.29 is 23.1 Å². The summed E-state index contributed by atoms with van der Waals surface area (Å²) in [7, 11) is 1.41. The Morgan fingerprint density at radius 2 is 1.96 bits per heavy atom. The number of halogens is 1. The molecule has 3 rings (SSSR count). The minimum atomic E-state index is -0.822. The summed E-state index contributed by atoms with van der Waals surface area (Å²) in [4.78, 5) is 23.9. The fourth-order valence-corrected chi connectivity index (χ4v) is 2.62. The molecule has 0 aliphatic rings. The fraction of sp³-hybridized carbons (Fsp3) is 0.200. The molecule has 0 saturated carbocycles. The zero-order valence-electron chi connectivity index (χ0n) is 14.4. The molecule has 6 heteroatoms. The maximum Gasteiger partial charge on any atom is 0.341 e. The van der Waals surface area contributed by atoms with E-state index in [0.717, 1.165) is 18.1 Å². The third kappa shape index (κ3) is 3.59. The number of methoxy groups -OCH3 is 1. The highest BCUT2D eigenvalue weighted by Crippen LogP contribution is 2.21. The molecule has 0 radical (unpaired) electrons. The van der Waals surface area contributed by atoms with E-state index in [1.54, 1.807) is 6.07 Å². The van der Waals surface area contributed by atoms with E-state index >= 15 is 0 Å². The first-order valence-corrected chi connectivity index (χ1v) is 8.08. The van der Waals surface area contributed by atoms with Gasteiger partial charge in [0.05, 0.1) is 12.7 Å². The highest BCUT2D eigenvalue weighted by Gasteiger charge is 2.15. The molecule has 1 aromatic heterocycles. The molecule has 2 aromatic carbocycles. The molecular formula is C20H17FO5. The molecule has 1 heterocycles. The van der Waals surface area contributed by atoms with Gasteiger partial charge in [0.1, 0.15) is 23.8 Å². The van der Waals surface area contributed by atoms with Gasteiger partial charge in [0.2, 0.25) is 0 Å². The second kappa shape index (κ2) is 7.39. The van der Waals surface area contributed by atoms with Crippen molar-refractivity contribution >= 4 is 16.9 Å². The number of carbonyl (C=O) groups excluding carboxylic acids is 1. The van der Waals surface area contributed by atoms with Crippen LogP contribution in [0.25, 0.3) is 11.0 Å². The molecule has 26 heavy (non-hydrogen) atoms. The van der Waals surface area contributed by atoms with Crippen LogP contribution in [-0.2, 0) is 17.8 Å². The maximum atomic E-state index is 14.0. The Balaban J connectivity index is 1.85. The van der Waals surface area contributed by atoms with Crippen LogP contribution in [0.2, 0.25) is 0 Å². The van der Waals surface area contributed by atoms with E-state index < -0.39 is 17.4 Å². The van der Waals surface area contributed by atoms with Gasteiger partial charge in [0.25, 0.3) is 0 Å². The molecule has 3 aromatic rings. The SMILES string of the molecule is CCc1ccc2c(COC(=O)c3ccc(OC)cc3F)cc(=O)oc2c1. The van der Waals surface area contributed by atoms with Crippen LogP contribution in [0, 0.1) is 5.82 Å². The molecule has 5 nitrogen and oxygen atoms in total. The van der Waals surface area contributed by atoms with Gasteiger partial charge in [0, 0.05) is 23.1 Å². The highest BCUT2D eigenvalue weighted by molar-refractivity contribution is 5.90. The van der Waals surface area contributed by atoms with E-state index in [4.69, 9.17) is 13.9 Å². The van der Waals surface area contributed by atoms with Crippen LogP contribution in [0.15, 0.2) is 51.7 Å². The van der Waals surface area contributed by atoms with E-state index in [-0.39, 0.29) is 12.2 Å². The molecule has 0 aliphatic carbocycles. The largest absolute Gasteiger partial charge is 0.497 e. The Morgan fingerprint density at radius 3 is 2.65 bits per heavy atom. The summed E-state index contributed by atoms with van der Waals surface area (Å²) in [5, 5.41) is 0.671. The molecule has 0 bridgehead atoms. The first kappa shape index (κ1) is 17.7. The molecule has 0 aliphatic heterocycles. The number of esters is 1. The Hall–Kier alpha value is -3.15. The van der Waals surface area contributed by atoms with Gasteiger partial charge < -0.3 is 13.9 Å². The molecule has 134 valence electrons. The predicted octanol–water partition coefficient (Wildman–Crippen LogP) is 3.86. The van der Waals surface area contributed by atoms with Crippen LogP contribution < -0.4 is 10.4 Å². The van der Waals surface area contributed by atoms with Gasteiger partial charge in [-0.15, -0.1) is 0 Å². The summed E-state index contributed by atoms with van der Waals surface area (Å²) in [5.74, 6) is -1.26. The lowest BCUT2D eigenvalue weighted by Gasteiger charge is -2.09. The second-order valence-corrected chi connectivity index (χ2v) is 5.70. The Bertz CT molecular complexity index is 1020. The van der Waals surface area contributed by atoms with E-state index in [0.29, 0.717) is 22.3 Å². The minimum absolute atomic E-state index is 0.169. The van der Waals surface area contributed by atoms with Crippen molar-refractivity contribution in [2.24, 2.45) is 0 Å². The Kier molecular flexibility index (Phi) is 5.02. The lowest BCUT2D eigenvalue weighted by molar-refractivity contribution is 0.0468. The lowest BCUT2D eigenvalue weighted by atomic mass is 10.1. The molecule has 0 saturated heterocycles. The van der Waals surface area contributed by atoms with Crippen molar-refractivity contribution in [2.45, 2.75) is 20.0 Å². The van der Waals surface area contributed by atoms with Gasteiger partial charge in [0.15, 0.2) is 0 Å². The number of rotatable bonds is 5. The van der Waals surface area contributed by atoms with Crippen LogP contribution in [0.1, 0.15) is 28.4 Å². The number of benzene rings is 2. The van der Waals surface area contributed by atoms with Crippen LogP contribution in [-0.4, -0.2) is 13.1 Å². The third-order valence-electron chi connectivity index (χ3n) is 4.06. The number of hydrogen-bond donors (Lipinski definition) is 0. The zero-order chi connectivity index (χ0) is 18.7. The zero-order valence-corrected chi connectivity index (χ0v) is 14.4. The number of hydrogen-bond acceptors (Lipinski definition) is 5. The summed E-state index contributed by atoms with van der Waals surface area (Å²) in [6, 6.07) is 10.7. The van der Waals surface area contributed by atoms with Crippen LogP contribution in [0.3, 0.4) is 0 Å². The molecule has 0 spiro atoms. The maximum absolute atomic E-state index is 14.0. The number of fused-ring (bicyclic) bond motifs is 1. The van der Waals surface area contributed by atoms with Gasteiger partial charge in [-0.1, -0.05) is 19.1 Å². The third-order valence-corrected chi connectivity index (χ3v) is 4.06. The van der Waals surface area contributed by atoms with Crippen molar-refractivity contribution in [1.29, 1.82) is 0 Å². The van der Waals surface area contributed by atoms with Crippen molar-refractivity contribution in [3.63, 3.8) is 0 Å². The number of ether oxygens (including phenoxy) is 2. The molecule has 0 amide bonds. The minimum Gasteiger partial charge on any atom is -0.497 e. The van der Waals surface area contributed by atoms with Crippen molar-refractivity contribution in [3.8, 4) is 5.75 Å². The first-order chi connectivity index (χ1) is 12.5. The smallest absolute Gasteiger partial charge is 0.341 e. The molecule has 0 unspecified atom stereocenters. The summed E-state index contributed by atoms with van der Waals surface area (Å²) in [6.07, 6.45) is 0.801. The summed E-state index contributed by atoms with van der Waals surface area (Å²) in [6.45, 7) is 1.83. The van der Waals surface area contributed by atoms with E-state index in [9.17, 15) is 14.0 Å². The van der Waals surface area contributed by atoms with E-state index in [1.165, 1.54) is 25.3 Å². The van der Waals surface area contributed by atoms with Crippen LogP contribution in [0.4, 0.5) is 4.39 Å². The van der Waals surface area contributed by atoms with E-state index in [1.807, 2.05) is 19.1 Å². The Labute approximate surface area is 149 Å². The predicted molar refractivity (Wildman–Crippen MR) is 93.9 cm³/mol. The van der Waals surface area contributed by atoms with Gasteiger partial charge in [-0.3, -0.25) is 0 Å². The lowest BCUT2D eigenvalue weighted by Crippen LogP contribution is -2.09. The Morgan fingerprint density at radius 1 is 1.15 bits per heavy atom. The average Bonchev–Trinajstić information content (AvgIpc) is 2.64. The molecular weight excluding hydrogens is 339 g/mol. The van der Waals surface area contributed by atoms with Crippen molar-refractivity contribution in [2.75, 3.05) is 7.11 Å². The van der Waals surface area contributed by atoms with E-state index in [2.05, 4.69) is 0 Å². The standard InChI is InChI=1S/C20H17FO5/c1-3-12-4-6-15-13(9-19(22)26-18(15)8-12)11-25-20(23)16-7-5-14(24-2)10-17(16)21/h4-10H,3,11H2,1-2H3.